The summed E-state index contributed by atoms with van der Waals surface area (Å²) in [6.07, 6.45) is 0. The second-order valence-corrected chi connectivity index (χ2v) is 7.20. The number of nitrogens with zero attached hydrogens (tertiary/aromatic N) is 1. The second kappa shape index (κ2) is 7.32. The second-order valence-electron chi connectivity index (χ2n) is 7.20. The predicted molar refractivity (Wildman–Crippen MR) is 117 cm³/mol. The van der Waals surface area contributed by atoms with Crippen LogP contribution in [0.25, 0.3) is 28.2 Å². The van der Waals surface area contributed by atoms with E-state index in [2.05, 4.69) is 60.9 Å². The fourth-order valence-electron chi connectivity index (χ4n) is 3.60. The summed E-state index contributed by atoms with van der Waals surface area (Å²) in [5.41, 5.74) is 8.22. The minimum atomic E-state index is 0.0549. The first-order chi connectivity index (χ1) is 13.6. The molecule has 0 atom stereocenters. The van der Waals surface area contributed by atoms with Gasteiger partial charge in [0.05, 0.1) is 11.4 Å². The van der Waals surface area contributed by atoms with Gasteiger partial charge in [0.2, 0.25) is 0 Å². The van der Waals surface area contributed by atoms with Crippen molar-refractivity contribution in [2.75, 3.05) is 0 Å². The van der Waals surface area contributed by atoms with Crippen LogP contribution in [0.2, 0.25) is 0 Å². The average molecular weight is 365 g/mol. The van der Waals surface area contributed by atoms with Crippen molar-refractivity contribution < 1.29 is 0 Å². The van der Waals surface area contributed by atoms with Crippen LogP contribution in [0.4, 0.5) is 0 Å². The van der Waals surface area contributed by atoms with Gasteiger partial charge >= 0.3 is 0 Å². The van der Waals surface area contributed by atoms with Crippen LogP contribution in [-0.4, -0.2) is 4.57 Å². The lowest BCUT2D eigenvalue weighted by molar-refractivity contribution is 1.04. The molecule has 2 heteroatoms. The molecule has 0 N–H and O–H groups in total. The van der Waals surface area contributed by atoms with Crippen molar-refractivity contribution in [3.05, 3.63) is 112 Å². The Hall–Kier alpha value is -3.39. The molecule has 1 heterocycles. The van der Waals surface area contributed by atoms with Gasteiger partial charge in [-0.3, -0.25) is 4.79 Å². The number of benzene rings is 3. The Morgan fingerprint density at radius 2 is 1.29 bits per heavy atom. The normalized spacial score (nSPS) is 10.8. The quantitative estimate of drug-likeness (QED) is 0.430. The largest absolute Gasteiger partial charge is 0.309 e. The van der Waals surface area contributed by atoms with E-state index in [1.165, 1.54) is 11.1 Å². The third-order valence-electron chi connectivity index (χ3n) is 5.32. The van der Waals surface area contributed by atoms with Gasteiger partial charge < -0.3 is 4.57 Å². The van der Waals surface area contributed by atoms with E-state index in [1.807, 2.05) is 43.3 Å². The molecule has 0 aliphatic rings. The van der Waals surface area contributed by atoms with Gasteiger partial charge in [-0.15, -0.1) is 0 Å². The molecule has 0 aliphatic carbocycles. The van der Waals surface area contributed by atoms with Crippen molar-refractivity contribution in [2.24, 2.45) is 0 Å². The summed E-state index contributed by atoms with van der Waals surface area (Å²) in [7, 11) is 0. The van der Waals surface area contributed by atoms with E-state index in [9.17, 15) is 4.79 Å². The Morgan fingerprint density at radius 3 is 1.93 bits per heavy atom. The highest BCUT2D eigenvalue weighted by Gasteiger charge is 2.17. The summed E-state index contributed by atoms with van der Waals surface area (Å²) in [5.74, 6) is 0. The van der Waals surface area contributed by atoms with E-state index in [0.29, 0.717) is 0 Å². The summed E-state index contributed by atoms with van der Waals surface area (Å²) in [4.78, 5) is 12.9. The van der Waals surface area contributed by atoms with Crippen LogP contribution < -0.4 is 5.43 Å². The summed E-state index contributed by atoms with van der Waals surface area (Å²) < 4.78 is 2.20. The fourth-order valence-corrected chi connectivity index (χ4v) is 3.60. The Labute approximate surface area is 165 Å². The zero-order chi connectivity index (χ0) is 19.7. The lowest BCUT2D eigenvalue weighted by atomic mass is 9.99. The van der Waals surface area contributed by atoms with Gasteiger partial charge in [0.25, 0.3) is 0 Å². The average Bonchev–Trinajstić information content (AvgIpc) is 2.73. The molecular formula is C26H23NO. The molecule has 0 radical (unpaired) electrons. The molecule has 0 fully saturated rings. The van der Waals surface area contributed by atoms with Crippen molar-refractivity contribution in [3.63, 3.8) is 0 Å². The van der Waals surface area contributed by atoms with E-state index < -0.39 is 0 Å². The highest BCUT2D eigenvalue weighted by atomic mass is 16.1. The third kappa shape index (κ3) is 3.18. The van der Waals surface area contributed by atoms with Crippen molar-refractivity contribution in [1.29, 1.82) is 0 Å². The summed E-state index contributed by atoms with van der Waals surface area (Å²) >= 11 is 0. The molecule has 0 saturated heterocycles. The minimum Gasteiger partial charge on any atom is -0.309 e. The Kier molecular flexibility index (Phi) is 4.70. The van der Waals surface area contributed by atoms with E-state index >= 15 is 0 Å². The first-order valence-corrected chi connectivity index (χ1v) is 9.51. The monoisotopic (exact) mass is 365 g/mol. The molecule has 1 aromatic heterocycles. The standard InChI is InChI=1S/C26H23NO/c1-18-14-15-22(16-19(18)2)24-17-25(28)20(3)26(21-10-6-4-7-11-21)27(24)23-12-8-5-9-13-23/h4-17H,1-3H3. The van der Waals surface area contributed by atoms with Crippen LogP contribution in [0.15, 0.2) is 89.7 Å². The molecular weight excluding hydrogens is 342 g/mol. The van der Waals surface area contributed by atoms with Gasteiger partial charge in [0.15, 0.2) is 5.43 Å². The third-order valence-corrected chi connectivity index (χ3v) is 5.32. The van der Waals surface area contributed by atoms with Crippen LogP contribution in [0.5, 0.6) is 0 Å². The van der Waals surface area contributed by atoms with Gasteiger partial charge in [-0.1, -0.05) is 60.7 Å². The van der Waals surface area contributed by atoms with Gasteiger partial charge in [0, 0.05) is 17.3 Å². The molecule has 28 heavy (non-hydrogen) atoms. The maximum absolute atomic E-state index is 12.9. The first kappa shape index (κ1) is 18.0. The molecule has 0 saturated carbocycles. The van der Waals surface area contributed by atoms with Crippen LogP contribution in [0.3, 0.4) is 0 Å². The molecule has 0 amide bonds. The van der Waals surface area contributed by atoms with Crippen LogP contribution in [0, 0.1) is 20.8 Å². The van der Waals surface area contributed by atoms with Crippen LogP contribution in [-0.2, 0) is 0 Å². The Morgan fingerprint density at radius 1 is 0.643 bits per heavy atom. The van der Waals surface area contributed by atoms with Gasteiger partial charge in [-0.05, 0) is 61.2 Å². The Balaban J connectivity index is 2.13. The topological polar surface area (TPSA) is 22.0 Å². The smallest absolute Gasteiger partial charge is 0.185 e. The first-order valence-electron chi connectivity index (χ1n) is 9.51. The molecule has 0 spiro atoms. The van der Waals surface area contributed by atoms with E-state index in [4.69, 9.17) is 0 Å². The number of aryl methyl sites for hydroxylation is 2. The van der Waals surface area contributed by atoms with Crippen LogP contribution >= 0.6 is 0 Å². The summed E-state index contributed by atoms with van der Waals surface area (Å²) in [6.45, 7) is 6.12. The molecule has 4 rings (SSSR count). The molecule has 0 bridgehead atoms. The maximum atomic E-state index is 12.9. The lowest BCUT2D eigenvalue weighted by Gasteiger charge is -2.22. The summed E-state index contributed by atoms with van der Waals surface area (Å²) in [6, 6.07) is 28.5. The maximum Gasteiger partial charge on any atom is 0.185 e. The van der Waals surface area contributed by atoms with E-state index in [0.717, 1.165) is 33.8 Å². The number of rotatable bonds is 3. The van der Waals surface area contributed by atoms with E-state index in [1.54, 1.807) is 6.07 Å². The molecule has 2 nitrogen and oxygen atoms in total. The predicted octanol–water partition coefficient (Wildman–Crippen LogP) is 6.10. The van der Waals surface area contributed by atoms with Crippen molar-refractivity contribution in [3.8, 4) is 28.2 Å². The lowest BCUT2D eigenvalue weighted by Crippen LogP contribution is -2.15. The number of hydrogen-bond acceptors (Lipinski definition) is 1. The molecule has 0 unspecified atom stereocenters. The molecule has 138 valence electrons. The number of pyridine rings is 1. The zero-order valence-corrected chi connectivity index (χ0v) is 16.4. The summed E-state index contributed by atoms with van der Waals surface area (Å²) in [5, 5.41) is 0. The highest BCUT2D eigenvalue weighted by molar-refractivity contribution is 5.73. The van der Waals surface area contributed by atoms with E-state index in [-0.39, 0.29) is 5.43 Å². The van der Waals surface area contributed by atoms with Gasteiger partial charge in [-0.25, -0.2) is 0 Å². The van der Waals surface area contributed by atoms with Crippen molar-refractivity contribution in [1.82, 2.24) is 4.57 Å². The zero-order valence-electron chi connectivity index (χ0n) is 16.4. The van der Waals surface area contributed by atoms with Crippen molar-refractivity contribution >= 4 is 0 Å². The minimum absolute atomic E-state index is 0.0549. The number of para-hydroxylation sites is 1. The van der Waals surface area contributed by atoms with Crippen LogP contribution in [0.1, 0.15) is 16.7 Å². The SMILES string of the molecule is Cc1ccc(-c2cc(=O)c(C)c(-c3ccccc3)n2-c2ccccc2)cc1C. The number of aromatic nitrogens is 1. The molecule has 3 aromatic carbocycles. The highest BCUT2D eigenvalue weighted by Crippen LogP contribution is 2.32. The van der Waals surface area contributed by atoms with Crippen molar-refractivity contribution in [2.45, 2.75) is 20.8 Å². The Bertz CT molecular complexity index is 1190. The fraction of sp³-hybridized carbons (Fsp3) is 0.115. The molecule has 4 aromatic rings. The number of hydrogen-bond donors (Lipinski definition) is 0. The molecule has 0 aliphatic heterocycles. The van der Waals surface area contributed by atoms with Gasteiger partial charge in [-0.2, -0.15) is 0 Å². The van der Waals surface area contributed by atoms with Gasteiger partial charge in [0.1, 0.15) is 0 Å².